The average molecular weight is 265 g/mol. The summed E-state index contributed by atoms with van der Waals surface area (Å²) in [4.78, 5) is 4.34. The molecule has 3 nitrogen and oxygen atoms in total. The van der Waals surface area contributed by atoms with Gasteiger partial charge in [0.1, 0.15) is 16.5 Å². The minimum atomic E-state index is 0.267. The van der Waals surface area contributed by atoms with E-state index in [-0.39, 0.29) is 4.99 Å². The second-order valence-electron chi connectivity index (χ2n) is 3.30. The summed E-state index contributed by atoms with van der Waals surface area (Å²) in [6.45, 7) is 0. The molecule has 0 radical (unpaired) electrons. The van der Waals surface area contributed by atoms with Gasteiger partial charge in [-0.2, -0.15) is 0 Å². The number of thiocarbonyl (C=S) groups is 1. The molecule has 0 amide bonds. The fraction of sp³-hybridized carbons (Fsp3) is 0. The molecule has 0 aliphatic carbocycles. The number of rotatable bonds is 3. The molecule has 1 aromatic heterocycles. The molecule has 1 heterocycles. The highest BCUT2D eigenvalue weighted by molar-refractivity contribution is 7.80. The summed E-state index contributed by atoms with van der Waals surface area (Å²) in [6.07, 6.45) is 1.57. The van der Waals surface area contributed by atoms with Crippen molar-refractivity contribution < 1.29 is 4.74 Å². The predicted molar refractivity (Wildman–Crippen MR) is 71.7 cm³/mol. The van der Waals surface area contributed by atoms with Crippen LogP contribution in [0.25, 0.3) is 0 Å². The van der Waals surface area contributed by atoms with Crippen LogP contribution in [0, 0.1) is 0 Å². The first-order chi connectivity index (χ1) is 8.15. The first-order valence-corrected chi connectivity index (χ1v) is 5.63. The monoisotopic (exact) mass is 264 g/mol. The summed E-state index contributed by atoms with van der Waals surface area (Å²) in [5, 5.41) is 0.666. The maximum absolute atomic E-state index is 5.77. The minimum Gasteiger partial charge on any atom is -0.456 e. The summed E-state index contributed by atoms with van der Waals surface area (Å²) in [7, 11) is 0. The van der Waals surface area contributed by atoms with Crippen LogP contribution in [0.15, 0.2) is 42.6 Å². The summed E-state index contributed by atoms with van der Waals surface area (Å²) in [5.74, 6) is 1.31. The van der Waals surface area contributed by atoms with E-state index in [2.05, 4.69) is 4.98 Å². The van der Waals surface area contributed by atoms with Gasteiger partial charge in [-0.15, -0.1) is 0 Å². The van der Waals surface area contributed by atoms with Crippen molar-refractivity contribution >= 4 is 28.8 Å². The van der Waals surface area contributed by atoms with Gasteiger partial charge in [0, 0.05) is 5.02 Å². The lowest BCUT2D eigenvalue weighted by atomic mass is 10.3. The van der Waals surface area contributed by atoms with E-state index in [4.69, 9.17) is 34.3 Å². The third-order valence-electron chi connectivity index (χ3n) is 2.04. The normalized spacial score (nSPS) is 9.94. The fourth-order valence-electron chi connectivity index (χ4n) is 1.23. The molecule has 0 bridgehead atoms. The Balaban J connectivity index is 2.13. The van der Waals surface area contributed by atoms with Crippen molar-refractivity contribution in [1.82, 2.24) is 4.98 Å². The predicted octanol–water partition coefficient (Wildman–Crippen LogP) is 3.16. The van der Waals surface area contributed by atoms with Crippen LogP contribution in [0.4, 0.5) is 0 Å². The largest absolute Gasteiger partial charge is 0.456 e. The molecule has 0 aliphatic rings. The number of halogens is 1. The second-order valence-corrected chi connectivity index (χ2v) is 4.18. The van der Waals surface area contributed by atoms with Crippen LogP contribution in [0.2, 0.25) is 5.02 Å². The number of benzene rings is 1. The third-order valence-corrected chi connectivity index (χ3v) is 2.50. The fourth-order valence-corrected chi connectivity index (χ4v) is 1.47. The number of nitrogens with zero attached hydrogens (tertiary/aromatic N) is 1. The summed E-state index contributed by atoms with van der Waals surface area (Å²) >= 11 is 10.6. The molecule has 0 fully saturated rings. The van der Waals surface area contributed by atoms with Gasteiger partial charge < -0.3 is 10.5 Å². The maximum atomic E-state index is 5.77. The van der Waals surface area contributed by atoms with Crippen LogP contribution in [-0.2, 0) is 0 Å². The van der Waals surface area contributed by atoms with Crippen molar-refractivity contribution in [1.29, 1.82) is 0 Å². The molecule has 0 unspecified atom stereocenters. The van der Waals surface area contributed by atoms with Gasteiger partial charge >= 0.3 is 0 Å². The van der Waals surface area contributed by atoms with Gasteiger partial charge in [-0.3, -0.25) is 0 Å². The van der Waals surface area contributed by atoms with Crippen molar-refractivity contribution in [2.75, 3.05) is 0 Å². The van der Waals surface area contributed by atoms with Crippen LogP contribution in [0.5, 0.6) is 11.5 Å². The molecule has 0 saturated heterocycles. The lowest BCUT2D eigenvalue weighted by molar-refractivity contribution is 0.480. The number of hydrogen-bond donors (Lipinski definition) is 1. The highest BCUT2D eigenvalue weighted by Crippen LogP contribution is 2.22. The van der Waals surface area contributed by atoms with E-state index in [1.165, 1.54) is 0 Å². The van der Waals surface area contributed by atoms with Gasteiger partial charge in [0.25, 0.3) is 0 Å². The van der Waals surface area contributed by atoms with E-state index in [1.807, 2.05) is 0 Å². The van der Waals surface area contributed by atoms with Gasteiger partial charge in [-0.05, 0) is 36.4 Å². The first kappa shape index (κ1) is 11.8. The average Bonchev–Trinajstić information content (AvgIpc) is 2.33. The van der Waals surface area contributed by atoms with Crippen molar-refractivity contribution in [3.63, 3.8) is 0 Å². The summed E-state index contributed by atoms with van der Waals surface area (Å²) < 4.78 is 5.56. The van der Waals surface area contributed by atoms with Crippen molar-refractivity contribution in [2.24, 2.45) is 5.73 Å². The zero-order chi connectivity index (χ0) is 12.3. The number of nitrogens with two attached hydrogens (primary N) is 1. The molecular formula is C12H9ClN2OS. The Morgan fingerprint density at radius 3 is 2.29 bits per heavy atom. The summed E-state index contributed by atoms with van der Waals surface area (Å²) in [6, 6.07) is 10.6. The smallest absolute Gasteiger partial charge is 0.145 e. The van der Waals surface area contributed by atoms with E-state index >= 15 is 0 Å². The maximum Gasteiger partial charge on any atom is 0.145 e. The van der Waals surface area contributed by atoms with Crippen molar-refractivity contribution in [2.45, 2.75) is 0 Å². The molecule has 0 atom stereocenters. The topological polar surface area (TPSA) is 48.1 Å². The number of ether oxygens (including phenoxy) is 1. The molecule has 5 heteroatoms. The molecular weight excluding hydrogens is 256 g/mol. The zero-order valence-electron chi connectivity index (χ0n) is 8.76. The van der Waals surface area contributed by atoms with Gasteiger partial charge in [0.2, 0.25) is 0 Å². The van der Waals surface area contributed by atoms with Crippen LogP contribution in [0.1, 0.15) is 5.69 Å². The van der Waals surface area contributed by atoms with E-state index in [9.17, 15) is 0 Å². The SMILES string of the molecule is NC(=S)c1ccc(Oc2ccc(Cl)cc2)cn1. The standard InChI is InChI=1S/C12H9ClN2OS/c13-8-1-3-9(4-2-8)16-10-5-6-11(12(14)17)15-7-10/h1-7H,(H2,14,17). The van der Waals surface area contributed by atoms with Crippen LogP contribution < -0.4 is 10.5 Å². The van der Waals surface area contributed by atoms with Crippen LogP contribution in [-0.4, -0.2) is 9.97 Å². The highest BCUT2D eigenvalue weighted by Gasteiger charge is 2.00. The van der Waals surface area contributed by atoms with Gasteiger partial charge in [-0.1, -0.05) is 23.8 Å². The molecule has 2 rings (SSSR count). The molecule has 0 saturated carbocycles. The summed E-state index contributed by atoms with van der Waals surface area (Å²) in [5.41, 5.74) is 6.02. The van der Waals surface area contributed by atoms with Crippen molar-refractivity contribution in [3.8, 4) is 11.5 Å². The third kappa shape index (κ3) is 3.15. The first-order valence-electron chi connectivity index (χ1n) is 4.84. The molecule has 0 spiro atoms. The quantitative estimate of drug-likeness (QED) is 0.865. The second kappa shape index (κ2) is 5.12. The lowest BCUT2D eigenvalue weighted by Gasteiger charge is -2.05. The Morgan fingerprint density at radius 1 is 1.12 bits per heavy atom. The minimum absolute atomic E-state index is 0.267. The molecule has 1 aromatic carbocycles. The van der Waals surface area contributed by atoms with Gasteiger partial charge in [0.15, 0.2) is 0 Å². The molecule has 17 heavy (non-hydrogen) atoms. The number of pyridine rings is 1. The van der Waals surface area contributed by atoms with Crippen LogP contribution in [0.3, 0.4) is 0 Å². The molecule has 86 valence electrons. The molecule has 0 aliphatic heterocycles. The van der Waals surface area contributed by atoms with Gasteiger partial charge in [0.05, 0.1) is 11.9 Å². The number of aromatic nitrogens is 1. The van der Waals surface area contributed by atoms with E-state index < -0.39 is 0 Å². The van der Waals surface area contributed by atoms with E-state index in [0.717, 1.165) is 0 Å². The van der Waals surface area contributed by atoms with E-state index in [1.54, 1.807) is 42.6 Å². The van der Waals surface area contributed by atoms with E-state index in [0.29, 0.717) is 22.2 Å². The van der Waals surface area contributed by atoms with Crippen molar-refractivity contribution in [3.05, 3.63) is 53.3 Å². The Morgan fingerprint density at radius 2 is 1.76 bits per heavy atom. The van der Waals surface area contributed by atoms with Crippen LogP contribution >= 0.6 is 23.8 Å². The number of hydrogen-bond acceptors (Lipinski definition) is 3. The zero-order valence-corrected chi connectivity index (χ0v) is 10.3. The highest BCUT2D eigenvalue weighted by atomic mass is 35.5. The molecule has 2 N–H and O–H groups in total. The Hall–Kier alpha value is -1.65. The van der Waals surface area contributed by atoms with Gasteiger partial charge in [-0.25, -0.2) is 4.98 Å². The molecule has 2 aromatic rings. The Labute approximate surface area is 109 Å². The lowest BCUT2D eigenvalue weighted by Crippen LogP contribution is -2.10. The Bertz CT molecular complexity index is 525. The Kier molecular flexibility index (Phi) is 3.56.